The molecule has 1 amide bonds. The summed E-state index contributed by atoms with van der Waals surface area (Å²) in [6.45, 7) is -0.309. The number of nitrogens with one attached hydrogen (secondary N) is 2. The quantitative estimate of drug-likeness (QED) is 0.597. The number of benzene rings is 2. The summed E-state index contributed by atoms with van der Waals surface area (Å²) in [6, 6.07) is 10.4. The Labute approximate surface area is 207 Å². The van der Waals surface area contributed by atoms with Gasteiger partial charge in [0.05, 0.1) is 0 Å². The fourth-order valence-corrected chi connectivity index (χ4v) is 5.22. The Balaban J connectivity index is 1.48. The fraction of sp³-hybridized carbons (Fsp3) is 0.296. The minimum Gasteiger partial charge on any atom is -0.483 e. The van der Waals surface area contributed by atoms with E-state index in [1.165, 1.54) is 24.3 Å². The third-order valence-electron chi connectivity index (χ3n) is 6.56. The minimum absolute atomic E-state index is 0.00801. The van der Waals surface area contributed by atoms with Gasteiger partial charge >= 0.3 is 0 Å². The molecule has 2 aromatic rings. The van der Waals surface area contributed by atoms with E-state index in [1.807, 2.05) is 0 Å². The zero-order valence-electron chi connectivity index (χ0n) is 19.0. The smallest absolute Gasteiger partial charge is 0.262 e. The first kappa shape index (κ1) is 23.3. The molecule has 0 aromatic heterocycles. The second-order valence-electron chi connectivity index (χ2n) is 8.92. The lowest BCUT2D eigenvalue weighted by Crippen LogP contribution is -2.36. The Morgan fingerprint density at radius 1 is 0.971 bits per heavy atom. The number of ether oxygens (including phenoxy) is 1. The van der Waals surface area contributed by atoms with Crippen molar-refractivity contribution in [3.8, 4) is 5.75 Å². The second kappa shape index (κ2) is 9.66. The molecule has 2 aromatic carbocycles. The van der Waals surface area contributed by atoms with Crippen molar-refractivity contribution >= 4 is 34.8 Å². The van der Waals surface area contributed by atoms with Crippen LogP contribution in [0.2, 0.25) is 5.02 Å². The van der Waals surface area contributed by atoms with Crippen LogP contribution in [0.3, 0.4) is 0 Å². The summed E-state index contributed by atoms with van der Waals surface area (Å²) in [4.78, 5) is 38.7. The van der Waals surface area contributed by atoms with Crippen molar-refractivity contribution in [3.63, 3.8) is 0 Å². The Morgan fingerprint density at radius 3 is 2.23 bits per heavy atom. The molecule has 2 aliphatic carbocycles. The number of hydrogen-bond donors (Lipinski definition) is 2. The summed E-state index contributed by atoms with van der Waals surface area (Å²) in [5, 5.41) is 6.49. The molecule has 8 heteroatoms. The van der Waals surface area contributed by atoms with Gasteiger partial charge in [-0.25, -0.2) is 4.39 Å². The predicted molar refractivity (Wildman–Crippen MR) is 130 cm³/mol. The first-order valence-electron chi connectivity index (χ1n) is 11.7. The number of dihydropyridines is 1. The van der Waals surface area contributed by atoms with E-state index in [1.54, 1.807) is 18.2 Å². The van der Waals surface area contributed by atoms with Gasteiger partial charge in [-0.05, 0) is 68.1 Å². The highest BCUT2D eigenvalue weighted by atomic mass is 35.5. The van der Waals surface area contributed by atoms with Crippen LogP contribution in [-0.4, -0.2) is 24.1 Å². The van der Waals surface area contributed by atoms with E-state index in [9.17, 15) is 18.8 Å². The van der Waals surface area contributed by atoms with E-state index in [4.69, 9.17) is 16.3 Å². The van der Waals surface area contributed by atoms with Crippen LogP contribution in [0.15, 0.2) is 65.0 Å². The Bertz CT molecular complexity index is 1240. The first-order chi connectivity index (χ1) is 16.9. The Morgan fingerprint density at radius 2 is 1.60 bits per heavy atom. The van der Waals surface area contributed by atoms with E-state index in [2.05, 4.69) is 10.6 Å². The number of allylic oxidation sites excluding steroid dienone is 4. The maximum absolute atomic E-state index is 13.1. The van der Waals surface area contributed by atoms with Crippen molar-refractivity contribution in [2.24, 2.45) is 0 Å². The maximum atomic E-state index is 13.1. The Kier molecular flexibility index (Phi) is 6.43. The van der Waals surface area contributed by atoms with Crippen molar-refractivity contribution in [2.75, 3.05) is 11.9 Å². The molecule has 0 radical (unpaired) electrons. The van der Waals surface area contributed by atoms with Crippen molar-refractivity contribution in [2.45, 2.75) is 44.4 Å². The molecule has 0 atom stereocenters. The molecule has 0 unspecified atom stereocenters. The van der Waals surface area contributed by atoms with Crippen molar-refractivity contribution in [1.82, 2.24) is 5.32 Å². The number of amides is 1. The van der Waals surface area contributed by atoms with Crippen LogP contribution >= 0.6 is 11.6 Å². The predicted octanol–water partition coefficient (Wildman–Crippen LogP) is 5.20. The topological polar surface area (TPSA) is 84.5 Å². The average molecular weight is 495 g/mol. The maximum Gasteiger partial charge on any atom is 0.262 e. The van der Waals surface area contributed by atoms with Crippen LogP contribution in [0.1, 0.15) is 50.0 Å². The summed E-state index contributed by atoms with van der Waals surface area (Å²) in [5.74, 6) is -1.02. The molecular formula is C27H24ClFN2O4. The molecule has 0 bridgehead atoms. The monoisotopic (exact) mass is 494 g/mol. The van der Waals surface area contributed by atoms with Gasteiger partial charge < -0.3 is 15.4 Å². The van der Waals surface area contributed by atoms with Gasteiger partial charge in [-0.1, -0.05) is 11.6 Å². The summed E-state index contributed by atoms with van der Waals surface area (Å²) >= 11 is 6.36. The molecule has 180 valence electrons. The third kappa shape index (κ3) is 4.73. The first-order valence-corrected chi connectivity index (χ1v) is 12.1. The minimum atomic E-state index is -0.587. The molecule has 6 nitrogen and oxygen atoms in total. The van der Waals surface area contributed by atoms with Crippen LogP contribution < -0.4 is 15.4 Å². The third-order valence-corrected chi connectivity index (χ3v) is 6.80. The highest BCUT2D eigenvalue weighted by Gasteiger charge is 2.41. The van der Waals surface area contributed by atoms with Gasteiger partial charge in [0.2, 0.25) is 0 Å². The van der Waals surface area contributed by atoms with Gasteiger partial charge in [0.15, 0.2) is 18.2 Å². The normalized spacial score (nSPS) is 18.1. The Hall–Kier alpha value is -3.45. The lowest BCUT2D eigenvalue weighted by Gasteiger charge is -2.37. The summed E-state index contributed by atoms with van der Waals surface area (Å²) < 4.78 is 19.0. The summed E-state index contributed by atoms with van der Waals surface area (Å²) in [5.41, 5.74) is 3.94. The van der Waals surface area contributed by atoms with Crippen molar-refractivity contribution in [3.05, 3.63) is 81.4 Å². The van der Waals surface area contributed by atoms with E-state index < -0.39 is 17.6 Å². The number of hydrogen-bond acceptors (Lipinski definition) is 5. The lowest BCUT2D eigenvalue weighted by atomic mass is 9.71. The van der Waals surface area contributed by atoms with E-state index in [-0.39, 0.29) is 18.2 Å². The number of carbonyl (C=O) groups is 3. The number of carbonyl (C=O) groups excluding carboxylic acids is 3. The molecular weight excluding hydrogens is 471 g/mol. The molecule has 1 heterocycles. The largest absolute Gasteiger partial charge is 0.483 e. The van der Waals surface area contributed by atoms with Gasteiger partial charge in [0, 0.05) is 57.6 Å². The number of Topliss-reactive ketones (excluding diaryl/α,β-unsaturated/α-hetero) is 2. The highest BCUT2D eigenvalue weighted by Crippen LogP contribution is 2.48. The average Bonchev–Trinajstić information content (AvgIpc) is 2.84. The van der Waals surface area contributed by atoms with Crippen molar-refractivity contribution < 1.29 is 23.5 Å². The number of anilines is 1. The molecule has 5 rings (SSSR count). The van der Waals surface area contributed by atoms with Crippen LogP contribution in [0.5, 0.6) is 5.75 Å². The highest BCUT2D eigenvalue weighted by molar-refractivity contribution is 6.30. The van der Waals surface area contributed by atoms with Crippen LogP contribution in [0.25, 0.3) is 0 Å². The molecule has 0 fully saturated rings. The van der Waals surface area contributed by atoms with Crippen LogP contribution in [0, 0.1) is 5.82 Å². The zero-order valence-corrected chi connectivity index (χ0v) is 19.7. The summed E-state index contributed by atoms with van der Waals surface area (Å²) in [7, 11) is 0. The van der Waals surface area contributed by atoms with Gasteiger partial charge in [-0.15, -0.1) is 0 Å². The van der Waals surface area contributed by atoms with Crippen LogP contribution in [0.4, 0.5) is 10.1 Å². The SMILES string of the molecule is O=C(COc1ccc(Cl)cc1C1C2=C(CCCC2=O)NC2=C1C(=O)CCC2)Nc1ccc(F)cc1. The van der Waals surface area contributed by atoms with Crippen molar-refractivity contribution in [1.29, 1.82) is 0 Å². The number of rotatable bonds is 5. The van der Waals surface area contributed by atoms with E-state index in [0.717, 1.165) is 37.1 Å². The summed E-state index contributed by atoms with van der Waals surface area (Å²) in [6.07, 6.45) is 3.83. The zero-order chi connectivity index (χ0) is 24.5. The fourth-order valence-electron chi connectivity index (χ4n) is 5.04. The van der Waals surface area contributed by atoms with Gasteiger partial charge in [0.1, 0.15) is 11.6 Å². The number of ketones is 2. The lowest BCUT2D eigenvalue weighted by molar-refractivity contribution is -0.119. The molecule has 0 spiro atoms. The molecule has 35 heavy (non-hydrogen) atoms. The molecule has 2 N–H and O–H groups in total. The van der Waals surface area contributed by atoms with Gasteiger partial charge in [0.25, 0.3) is 5.91 Å². The van der Waals surface area contributed by atoms with E-state index >= 15 is 0 Å². The van der Waals surface area contributed by atoms with Gasteiger partial charge in [-0.2, -0.15) is 0 Å². The van der Waals surface area contributed by atoms with E-state index in [0.29, 0.717) is 46.0 Å². The number of halogens is 2. The molecule has 3 aliphatic rings. The van der Waals surface area contributed by atoms with Gasteiger partial charge in [-0.3, -0.25) is 14.4 Å². The standard InChI is InChI=1S/C27H24ClFN2O4/c28-15-7-12-23(35-14-24(34)30-17-10-8-16(29)9-11-17)18(13-15)25-26-19(3-1-5-21(26)32)31-20-4-2-6-22(33)27(20)25/h7-13,25,31H,1-6,14H2,(H,30,34). The second-order valence-corrected chi connectivity index (χ2v) is 9.36. The van der Waals surface area contributed by atoms with Crippen LogP contribution in [-0.2, 0) is 14.4 Å². The molecule has 1 aliphatic heterocycles. The molecule has 0 saturated heterocycles. The molecule has 0 saturated carbocycles.